The first-order chi connectivity index (χ1) is 9.69. The maximum absolute atomic E-state index is 5.69. The predicted molar refractivity (Wildman–Crippen MR) is 88.3 cm³/mol. The number of nitrogen functional groups attached to an aromatic ring is 1. The van der Waals surface area contributed by atoms with Gasteiger partial charge < -0.3 is 5.43 Å². The van der Waals surface area contributed by atoms with Gasteiger partial charge in [0.25, 0.3) is 0 Å². The van der Waals surface area contributed by atoms with Crippen LogP contribution in [0.2, 0.25) is 0 Å². The van der Waals surface area contributed by atoms with E-state index in [1.54, 1.807) is 0 Å². The Balaban J connectivity index is 2.05. The molecule has 0 aliphatic heterocycles. The van der Waals surface area contributed by atoms with Crippen LogP contribution in [-0.4, -0.2) is 15.2 Å². The topological polar surface area (TPSA) is 63.8 Å². The quantitative estimate of drug-likeness (QED) is 0.668. The summed E-state index contributed by atoms with van der Waals surface area (Å²) in [7, 11) is 0. The van der Waals surface area contributed by atoms with Crippen molar-refractivity contribution in [2.45, 2.75) is 50.5 Å². The molecule has 0 atom stereocenters. The molecule has 0 amide bonds. The SMILES string of the molecule is CC(C)SCc1nc(NN)c2c3c(sc2n1)CCCC3. The molecular formula is C14H20N4S2. The van der Waals surface area contributed by atoms with Crippen LogP contribution in [0.4, 0.5) is 5.82 Å². The summed E-state index contributed by atoms with van der Waals surface area (Å²) in [6, 6.07) is 0. The molecule has 0 saturated heterocycles. The van der Waals surface area contributed by atoms with Crippen molar-refractivity contribution >= 4 is 39.1 Å². The van der Waals surface area contributed by atoms with Crippen LogP contribution >= 0.6 is 23.1 Å². The zero-order chi connectivity index (χ0) is 14.1. The fourth-order valence-corrected chi connectivity index (χ4v) is 4.50. The molecule has 0 radical (unpaired) electrons. The van der Waals surface area contributed by atoms with Gasteiger partial charge in [-0.1, -0.05) is 13.8 Å². The van der Waals surface area contributed by atoms with Gasteiger partial charge in [-0.2, -0.15) is 11.8 Å². The molecular weight excluding hydrogens is 288 g/mol. The summed E-state index contributed by atoms with van der Waals surface area (Å²) in [5.41, 5.74) is 4.20. The van der Waals surface area contributed by atoms with Gasteiger partial charge in [-0.15, -0.1) is 11.3 Å². The van der Waals surface area contributed by atoms with Gasteiger partial charge in [0, 0.05) is 4.88 Å². The van der Waals surface area contributed by atoms with Crippen molar-refractivity contribution in [1.29, 1.82) is 0 Å². The van der Waals surface area contributed by atoms with E-state index in [4.69, 9.17) is 10.8 Å². The first kappa shape index (κ1) is 14.1. The zero-order valence-electron chi connectivity index (χ0n) is 11.9. The van der Waals surface area contributed by atoms with E-state index < -0.39 is 0 Å². The van der Waals surface area contributed by atoms with Crippen LogP contribution in [0, 0.1) is 0 Å². The third kappa shape index (κ3) is 2.64. The number of anilines is 1. The van der Waals surface area contributed by atoms with Crippen LogP contribution in [0.25, 0.3) is 10.2 Å². The normalized spacial score (nSPS) is 14.8. The van der Waals surface area contributed by atoms with Crippen molar-refractivity contribution in [3.05, 3.63) is 16.3 Å². The van der Waals surface area contributed by atoms with E-state index in [1.165, 1.54) is 29.7 Å². The molecule has 6 heteroatoms. The highest BCUT2D eigenvalue weighted by molar-refractivity contribution is 7.99. The van der Waals surface area contributed by atoms with Crippen molar-refractivity contribution in [3.63, 3.8) is 0 Å². The van der Waals surface area contributed by atoms with Gasteiger partial charge in [-0.05, 0) is 36.5 Å². The molecule has 108 valence electrons. The Morgan fingerprint density at radius 2 is 2.10 bits per heavy atom. The van der Waals surface area contributed by atoms with Crippen LogP contribution in [0.3, 0.4) is 0 Å². The second kappa shape index (κ2) is 5.87. The van der Waals surface area contributed by atoms with Crippen molar-refractivity contribution in [3.8, 4) is 0 Å². The molecule has 1 aliphatic rings. The number of fused-ring (bicyclic) bond motifs is 3. The standard InChI is InChI=1S/C14H20N4S2/c1-8(2)19-7-11-16-13(18-15)12-9-5-3-4-6-10(9)20-14(12)17-11/h8H,3-7,15H2,1-2H3,(H,16,17,18). The van der Waals surface area contributed by atoms with Crippen LogP contribution < -0.4 is 11.3 Å². The molecule has 3 N–H and O–H groups in total. The molecule has 0 fully saturated rings. The molecule has 4 nitrogen and oxygen atoms in total. The third-order valence-electron chi connectivity index (χ3n) is 3.54. The van der Waals surface area contributed by atoms with Crippen molar-refractivity contribution in [2.75, 3.05) is 5.43 Å². The maximum atomic E-state index is 5.69. The molecule has 2 aromatic rings. The van der Waals surface area contributed by atoms with Gasteiger partial charge in [0.15, 0.2) is 5.82 Å². The first-order valence-electron chi connectivity index (χ1n) is 7.08. The van der Waals surface area contributed by atoms with E-state index in [0.29, 0.717) is 5.25 Å². The highest BCUT2D eigenvalue weighted by Gasteiger charge is 2.20. The number of nitrogens with one attached hydrogen (secondary N) is 1. The molecule has 2 aromatic heterocycles. The summed E-state index contributed by atoms with van der Waals surface area (Å²) >= 11 is 3.68. The minimum absolute atomic E-state index is 0.583. The Bertz CT molecular complexity index is 621. The number of aryl methyl sites for hydroxylation is 2. The van der Waals surface area contributed by atoms with E-state index in [0.717, 1.165) is 34.0 Å². The molecule has 0 unspecified atom stereocenters. The number of nitrogens with zero attached hydrogens (tertiary/aromatic N) is 2. The molecule has 0 aromatic carbocycles. The van der Waals surface area contributed by atoms with Crippen LogP contribution in [0.15, 0.2) is 0 Å². The van der Waals surface area contributed by atoms with Gasteiger partial charge >= 0.3 is 0 Å². The second-order valence-electron chi connectivity index (χ2n) is 5.38. The van der Waals surface area contributed by atoms with E-state index in [9.17, 15) is 0 Å². The molecule has 20 heavy (non-hydrogen) atoms. The number of hydrazine groups is 1. The summed E-state index contributed by atoms with van der Waals surface area (Å²) in [6.07, 6.45) is 4.85. The number of thioether (sulfide) groups is 1. The molecule has 0 spiro atoms. The lowest BCUT2D eigenvalue weighted by Gasteiger charge is -2.12. The van der Waals surface area contributed by atoms with E-state index >= 15 is 0 Å². The van der Waals surface area contributed by atoms with Gasteiger partial charge in [0.2, 0.25) is 0 Å². The van der Waals surface area contributed by atoms with Gasteiger partial charge in [-0.25, -0.2) is 15.8 Å². The molecule has 3 rings (SSSR count). The van der Waals surface area contributed by atoms with E-state index in [-0.39, 0.29) is 0 Å². The van der Waals surface area contributed by atoms with Crippen molar-refractivity contribution < 1.29 is 0 Å². The van der Waals surface area contributed by atoms with Crippen LogP contribution in [-0.2, 0) is 18.6 Å². The maximum Gasteiger partial charge on any atom is 0.152 e. The van der Waals surface area contributed by atoms with Crippen LogP contribution in [0.5, 0.6) is 0 Å². The Labute approximate surface area is 127 Å². The molecule has 2 heterocycles. The number of rotatable bonds is 4. The van der Waals surface area contributed by atoms with E-state index in [1.807, 2.05) is 23.1 Å². The monoisotopic (exact) mass is 308 g/mol. The van der Waals surface area contributed by atoms with Gasteiger partial charge in [0.1, 0.15) is 10.7 Å². The number of nitrogens with two attached hydrogens (primary N) is 1. The van der Waals surface area contributed by atoms with Gasteiger partial charge in [0.05, 0.1) is 11.1 Å². The summed E-state index contributed by atoms with van der Waals surface area (Å²) < 4.78 is 0. The first-order valence-corrected chi connectivity index (χ1v) is 8.95. The lowest BCUT2D eigenvalue weighted by atomic mass is 9.97. The average molecular weight is 308 g/mol. The lowest BCUT2D eigenvalue weighted by molar-refractivity contribution is 0.700. The van der Waals surface area contributed by atoms with E-state index in [2.05, 4.69) is 24.3 Å². The lowest BCUT2D eigenvalue weighted by Crippen LogP contribution is -2.11. The Morgan fingerprint density at radius 1 is 1.30 bits per heavy atom. The van der Waals surface area contributed by atoms with Crippen LogP contribution in [0.1, 0.15) is 43.0 Å². The second-order valence-corrected chi connectivity index (χ2v) is 8.03. The number of thiophene rings is 1. The number of aromatic nitrogens is 2. The highest BCUT2D eigenvalue weighted by Crippen LogP contribution is 2.38. The Morgan fingerprint density at radius 3 is 2.85 bits per heavy atom. The number of hydrogen-bond donors (Lipinski definition) is 2. The molecule has 0 saturated carbocycles. The summed E-state index contributed by atoms with van der Waals surface area (Å²) in [5.74, 6) is 8.21. The fourth-order valence-electron chi connectivity index (χ4n) is 2.61. The Kier molecular flexibility index (Phi) is 4.14. The average Bonchev–Trinajstić information content (AvgIpc) is 2.82. The highest BCUT2D eigenvalue weighted by atomic mass is 32.2. The Hall–Kier alpha value is -0.850. The number of hydrogen-bond acceptors (Lipinski definition) is 6. The summed E-state index contributed by atoms with van der Waals surface area (Å²) in [4.78, 5) is 11.9. The van der Waals surface area contributed by atoms with Crippen molar-refractivity contribution in [1.82, 2.24) is 9.97 Å². The minimum Gasteiger partial charge on any atom is -0.308 e. The summed E-state index contributed by atoms with van der Waals surface area (Å²) in [5, 5.41) is 1.74. The largest absolute Gasteiger partial charge is 0.308 e. The summed E-state index contributed by atoms with van der Waals surface area (Å²) in [6.45, 7) is 4.38. The minimum atomic E-state index is 0.583. The fraction of sp³-hybridized carbons (Fsp3) is 0.571. The predicted octanol–water partition coefficient (Wildman–Crippen LogP) is 3.50. The third-order valence-corrected chi connectivity index (χ3v) is 5.82. The smallest absolute Gasteiger partial charge is 0.152 e. The van der Waals surface area contributed by atoms with Gasteiger partial charge in [-0.3, -0.25) is 0 Å². The molecule has 1 aliphatic carbocycles. The zero-order valence-corrected chi connectivity index (χ0v) is 13.5. The molecule has 0 bridgehead atoms. The van der Waals surface area contributed by atoms with Crippen molar-refractivity contribution in [2.24, 2.45) is 5.84 Å².